The third kappa shape index (κ3) is 5.31. The van der Waals surface area contributed by atoms with Crippen LogP contribution < -0.4 is 9.64 Å². The maximum atomic E-state index is 14.5. The zero-order valence-electron chi connectivity index (χ0n) is 25.0. The molecule has 0 saturated carbocycles. The summed E-state index contributed by atoms with van der Waals surface area (Å²) < 4.78 is 4.85. The Morgan fingerprint density at radius 1 is 1.17 bits per heavy atom. The summed E-state index contributed by atoms with van der Waals surface area (Å²) in [5.74, 6) is -0.973. The Hall–Kier alpha value is -2.78. The SMILES string of the molecule is C=CCN(C(=O)[C@@H]1[C@@H]2CCC3(S2)C(C(=O)N(CC=C)C(C)(C)C)N([C@@H](CC)CO)C(=O)[C@H]13)c1ccc(OCC)cc1. The van der Waals surface area contributed by atoms with E-state index < -0.39 is 34.2 Å². The van der Waals surface area contributed by atoms with Gasteiger partial charge in [-0.05, 0) is 71.2 Å². The highest BCUT2D eigenvalue weighted by Gasteiger charge is 2.74. The number of nitrogens with zero attached hydrogens (tertiary/aromatic N) is 3. The third-order valence-electron chi connectivity index (χ3n) is 8.76. The second-order valence-electron chi connectivity index (χ2n) is 12.1. The standard InChI is InChI=1S/C32H45N3O5S/c1-8-18-33(22-12-14-23(15-13-22)40-11-4)28(37)25-24-16-17-32(41-24)26(25)29(38)35(21(10-3)20-36)27(32)30(39)34(19-9-2)31(5,6)7/h8-9,12-15,21,24-27,36H,1-2,10-11,16-20H2,3-7H3/t21-,24-,25+,26-,27?,32?/m0/s1. The molecule has 3 amide bonds. The summed E-state index contributed by atoms with van der Waals surface area (Å²) >= 11 is 1.64. The molecule has 3 aliphatic heterocycles. The van der Waals surface area contributed by atoms with E-state index >= 15 is 0 Å². The van der Waals surface area contributed by atoms with Gasteiger partial charge in [0.05, 0.1) is 35.8 Å². The van der Waals surface area contributed by atoms with Gasteiger partial charge in [0.2, 0.25) is 17.7 Å². The summed E-state index contributed by atoms with van der Waals surface area (Å²) in [6.45, 7) is 18.5. The van der Waals surface area contributed by atoms with E-state index in [1.54, 1.807) is 38.6 Å². The Balaban J connectivity index is 1.77. The number of thioether (sulfide) groups is 1. The van der Waals surface area contributed by atoms with Crippen molar-refractivity contribution in [3.63, 3.8) is 0 Å². The van der Waals surface area contributed by atoms with Gasteiger partial charge < -0.3 is 24.5 Å². The van der Waals surface area contributed by atoms with Crippen molar-refractivity contribution >= 4 is 35.2 Å². The summed E-state index contributed by atoms with van der Waals surface area (Å²) in [5.41, 5.74) is 0.211. The molecular formula is C32H45N3O5S. The molecule has 41 heavy (non-hydrogen) atoms. The van der Waals surface area contributed by atoms with Gasteiger partial charge in [0.25, 0.3) is 0 Å². The quantitative estimate of drug-likeness (QED) is 0.370. The Labute approximate surface area is 248 Å². The van der Waals surface area contributed by atoms with Gasteiger partial charge in [0.1, 0.15) is 11.8 Å². The normalized spacial score (nSPS) is 27.4. The van der Waals surface area contributed by atoms with Crippen LogP contribution in [0, 0.1) is 11.8 Å². The summed E-state index contributed by atoms with van der Waals surface area (Å²) in [7, 11) is 0. The first kappa shape index (κ1) is 31.2. The molecule has 6 atom stereocenters. The van der Waals surface area contributed by atoms with E-state index in [-0.39, 0.29) is 29.6 Å². The molecule has 3 fully saturated rings. The van der Waals surface area contributed by atoms with Crippen LogP contribution in [0.2, 0.25) is 0 Å². The molecule has 1 aromatic rings. The molecule has 2 bridgehead atoms. The predicted octanol–water partition coefficient (Wildman–Crippen LogP) is 4.28. The maximum Gasteiger partial charge on any atom is 0.247 e. The lowest BCUT2D eigenvalue weighted by atomic mass is 9.70. The topological polar surface area (TPSA) is 90.4 Å². The van der Waals surface area contributed by atoms with Crippen molar-refractivity contribution in [2.75, 3.05) is 31.2 Å². The third-order valence-corrected chi connectivity index (χ3v) is 10.7. The van der Waals surface area contributed by atoms with Crippen molar-refractivity contribution in [1.82, 2.24) is 9.80 Å². The van der Waals surface area contributed by atoms with Crippen LogP contribution in [0.3, 0.4) is 0 Å². The van der Waals surface area contributed by atoms with Gasteiger partial charge in [0, 0.05) is 29.6 Å². The number of rotatable bonds is 12. The second-order valence-corrected chi connectivity index (χ2v) is 13.7. The van der Waals surface area contributed by atoms with Crippen molar-refractivity contribution in [3.8, 4) is 5.75 Å². The molecule has 3 saturated heterocycles. The highest BCUT2D eigenvalue weighted by molar-refractivity contribution is 8.02. The van der Waals surface area contributed by atoms with Gasteiger partial charge in [-0.3, -0.25) is 14.4 Å². The lowest BCUT2D eigenvalue weighted by Gasteiger charge is -2.43. The number of carbonyl (C=O) groups excluding carboxylic acids is 3. The van der Waals surface area contributed by atoms with E-state index in [4.69, 9.17) is 4.74 Å². The van der Waals surface area contributed by atoms with Crippen molar-refractivity contribution in [1.29, 1.82) is 0 Å². The number of carbonyl (C=O) groups is 3. The van der Waals surface area contributed by atoms with Crippen LogP contribution in [0.25, 0.3) is 0 Å². The zero-order chi connectivity index (χ0) is 30.1. The minimum Gasteiger partial charge on any atom is -0.494 e. The van der Waals surface area contributed by atoms with E-state index in [1.807, 2.05) is 58.9 Å². The number of benzene rings is 1. The first-order valence-electron chi connectivity index (χ1n) is 14.7. The summed E-state index contributed by atoms with van der Waals surface area (Å²) in [5, 5.41) is 10.3. The highest BCUT2D eigenvalue weighted by Crippen LogP contribution is 2.67. The molecule has 1 spiro atoms. The smallest absolute Gasteiger partial charge is 0.247 e. The van der Waals surface area contributed by atoms with Crippen LogP contribution in [0.5, 0.6) is 5.75 Å². The van der Waals surface area contributed by atoms with Crippen LogP contribution in [-0.4, -0.2) is 86.6 Å². The maximum absolute atomic E-state index is 14.5. The molecule has 0 aliphatic carbocycles. The van der Waals surface area contributed by atoms with Crippen LogP contribution in [0.15, 0.2) is 49.6 Å². The Morgan fingerprint density at radius 2 is 1.83 bits per heavy atom. The molecule has 8 nitrogen and oxygen atoms in total. The molecule has 1 aromatic carbocycles. The summed E-state index contributed by atoms with van der Waals surface area (Å²) in [6.07, 6.45) is 5.33. The van der Waals surface area contributed by atoms with Gasteiger partial charge in [-0.15, -0.1) is 24.9 Å². The van der Waals surface area contributed by atoms with E-state index in [9.17, 15) is 19.5 Å². The van der Waals surface area contributed by atoms with Crippen LogP contribution in [0.1, 0.15) is 53.9 Å². The fourth-order valence-corrected chi connectivity index (χ4v) is 9.14. The van der Waals surface area contributed by atoms with Gasteiger partial charge in [-0.2, -0.15) is 0 Å². The average molecular weight is 584 g/mol. The second kappa shape index (κ2) is 12.2. The molecule has 224 valence electrons. The van der Waals surface area contributed by atoms with Crippen molar-refractivity contribution in [2.45, 2.75) is 81.5 Å². The van der Waals surface area contributed by atoms with Crippen LogP contribution in [-0.2, 0) is 14.4 Å². The zero-order valence-corrected chi connectivity index (χ0v) is 25.9. The fourth-order valence-electron chi connectivity index (χ4n) is 6.95. The molecule has 4 rings (SSSR count). The van der Waals surface area contributed by atoms with Crippen molar-refractivity contribution in [2.24, 2.45) is 11.8 Å². The van der Waals surface area contributed by atoms with Gasteiger partial charge in [-0.25, -0.2) is 0 Å². The number of aliphatic hydroxyl groups excluding tert-OH is 1. The first-order valence-corrected chi connectivity index (χ1v) is 15.6. The molecular weight excluding hydrogens is 538 g/mol. The molecule has 2 unspecified atom stereocenters. The van der Waals surface area contributed by atoms with Crippen LogP contribution in [0.4, 0.5) is 5.69 Å². The minimum atomic E-state index is -0.762. The molecule has 1 N–H and O–H groups in total. The first-order chi connectivity index (χ1) is 19.5. The monoisotopic (exact) mass is 583 g/mol. The number of anilines is 1. The lowest BCUT2D eigenvalue weighted by molar-refractivity contribution is -0.148. The Kier molecular flexibility index (Phi) is 9.29. The van der Waals surface area contributed by atoms with Crippen molar-refractivity contribution < 1.29 is 24.2 Å². The number of amides is 3. The van der Waals surface area contributed by atoms with Gasteiger partial charge in [-0.1, -0.05) is 19.1 Å². The number of aliphatic hydroxyl groups is 1. The Morgan fingerprint density at radius 3 is 2.37 bits per heavy atom. The highest BCUT2D eigenvalue weighted by atomic mass is 32.2. The predicted molar refractivity (Wildman–Crippen MR) is 164 cm³/mol. The molecule has 9 heteroatoms. The lowest BCUT2D eigenvalue weighted by Crippen LogP contribution is -2.60. The van der Waals surface area contributed by atoms with Crippen molar-refractivity contribution in [3.05, 3.63) is 49.6 Å². The number of hydrogen-bond acceptors (Lipinski definition) is 6. The number of ether oxygens (including phenoxy) is 1. The fraction of sp³-hybridized carbons (Fsp3) is 0.594. The summed E-state index contributed by atoms with van der Waals surface area (Å²) in [4.78, 5) is 48.4. The van der Waals surface area contributed by atoms with Crippen LogP contribution >= 0.6 is 11.8 Å². The molecule has 3 heterocycles. The van der Waals surface area contributed by atoms with Gasteiger partial charge in [0.15, 0.2) is 0 Å². The number of hydrogen-bond donors (Lipinski definition) is 1. The number of fused-ring (bicyclic) bond motifs is 1. The van der Waals surface area contributed by atoms with E-state index in [0.717, 1.165) is 12.2 Å². The molecule has 0 radical (unpaired) electrons. The van der Waals surface area contributed by atoms with Gasteiger partial charge >= 0.3 is 0 Å². The molecule has 3 aliphatic rings. The van der Waals surface area contributed by atoms with E-state index in [0.29, 0.717) is 38.2 Å². The van der Waals surface area contributed by atoms with E-state index in [1.165, 1.54) is 0 Å². The molecule has 0 aromatic heterocycles. The minimum absolute atomic E-state index is 0.0689. The average Bonchev–Trinajstić information content (AvgIpc) is 3.58. The summed E-state index contributed by atoms with van der Waals surface area (Å²) in [6, 6.07) is 6.11. The largest absolute Gasteiger partial charge is 0.494 e. The Bertz CT molecular complexity index is 1160. The number of likely N-dealkylation sites (tertiary alicyclic amines) is 1. The van der Waals surface area contributed by atoms with E-state index in [2.05, 4.69) is 13.2 Å².